The van der Waals surface area contributed by atoms with Crippen molar-refractivity contribution in [3.8, 4) is 0 Å². The van der Waals surface area contributed by atoms with E-state index in [4.69, 9.17) is 0 Å². The van der Waals surface area contributed by atoms with Gasteiger partial charge in [0.15, 0.2) is 0 Å². The summed E-state index contributed by atoms with van der Waals surface area (Å²) in [4.78, 5) is 12.5. The van der Waals surface area contributed by atoms with Gasteiger partial charge in [0.1, 0.15) is 0 Å². The number of unbranched alkanes of at least 4 members (excludes halogenated alkanes) is 51. The number of hydrogen-bond acceptors (Lipinski definition) is 3. The maximum absolute atomic E-state index is 12.5. The highest BCUT2D eigenvalue weighted by molar-refractivity contribution is 5.76. The number of carbonyl (C=O) groups is 1. The molecule has 0 heterocycles. The zero-order valence-corrected chi connectivity index (χ0v) is 45.1. The van der Waals surface area contributed by atoms with Crippen molar-refractivity contribution in [2.45, 2.75) is 379 Å². The van der Waals surface area contributed by atoms with Crippen molar-refractivity contribution in [1.82, 2.24) is 5.32 Å². The number of carbonyl (C=O) groups excluding carboxylic acids is 1. The van der Waals surface area contributed by atoms with E-state index in [1.807, 2.05) is 0 Å². The van der Waals surface area contributed by atoms with Gasteiger partial charge in [-0.1, -0.05) is 348 Å². The molecule has 390 valence electrons. The third kappa shape index (κ3) is 54.2. The van der Waals surface area contributed by atoms with Crippen molar-refractivity contribution in [3.63, 3.8) is 0 Å². The summed E-state index contributed by atoms with van der Waals surface area (Å²) in [7, 11) is 0. The fraction of sp³-hybridized carbons (Fsp3) is 0.984. The Bertz CT molecular complexity index is 864. The summed E-state index contributed by atoms with van der Waals surface area (Å²) >= 11 is 0. The number of amides is 1. The van der Waals surface area contributed by atoms with Crippen LogP contribution in [0, 0.1) is 0 Å². The Morgan fingerprint density at radius 1 is 0.308 bits per heavy atom. The van der Waals surface area contributed by atoms with Gasteiger partial charge in [0.05, 0.1) is 18.8 Å². The van der Waals surface area contributed by atoms with Gasteiger partial charge in [-0.05, 0) is 12.8 Å². The minimum atomic E-state index is -0.655. The molecule has 0 saturated heterocycles. The van der Waals surface area contributed by atoms with Crippen molar-refractivity contribution >= 4 is 5.91 Å². The second-order valence-electron chi connectivity index (χ2n) is 21.5. The van der Waals surface area contributed by atoms with Gasteiger partial charge < -0.3 is 15.5 Å². The lowest BCUT2D eigenvalue weighted by atomic mass is 10.0. The molecule has 0 saturated carbocycles. The highest BCUT2D eigenvalue weighted by atomic mass is 16.3. The molecule has 0 aliphatic rings. The Morgan fingerprint density at radius 2 is 0.492 bits per heavy atom. The van der Waals surface area contributed by atoms with Crippen LogP contribution < -0.4 is 5.32 Å². The zero-order valence-electron chi connectivity index (χ0n) is 45.1. The molecule has 0 aromatic carbocycles. The van der Waals surface area contributed by atoms with Crippen LogP contribution in [0.4, 0.5) is 0 Å². The van der Waals surface area contributed by atoms with E-state index in [-0.39, 0.29) is 12.5 Å². The average Bonchev–Trinajstić information content (AvgIpc) is 3.31. The molecule has 0 bridgehead atoms. The number of rotatable bonds is 58. The molecule has 0 spiro atoms. The molecule has 0 aromatic rings. The van der Waals surface area contributed by atoms with Crippen LogP contribution in [0.3, 0.4) is 0 Å². The summed E-state index contributed by atoms with van der Waals surface area (Å²) in [6.45, 7) is 4.41. The number of aliphatic hydroxyl groups is 2. The molecule has 4 heteroatoms. The molecule has 2 unspecified atom stereocenters. The van der Waals surface area contributed by atoms with E-state index in [1.54, 1.807) is 0 Å². The van der Waals surface area contributed by atoms with Gasteiger partial charge in [-0.3, -0.25) is 4.79 Å². The fourth-order valence-corrected chi connectivity index (χ4v) is 10.2. The van der Waals surface area contributed by atoms with Gasteiger partial charge in [0, 0.05) is 6.42 Å². The Morgan fingerprint density at radius 3 is 0.692 bits per heavy atom. The van der Waals surface area contributed by atoms with Gasteiger partial charge in [0.2, 0.25) is 5.91 Å². The highest BCUT2D eigenvalue weighted by Gasteiger charge is 2.20. The smallest absolute Gasteiger partial charge is 0.220 e. The first kappa shape index (κ1) is 64.4. The first-order valence-electron chi connectivity index (χ1n) is 30.7. The van der Waals surface area contributed by atoms with Crippen molar-refractivity contribution < 1.29 is 15.0 Å². The molecule has 4 nitrogen and oxygen atoms in total. The minimum Gasteiger partial charge on any atom is -0.394 e. The van der Waals surface area contributed by atoms with E-state index in [2.05, 4.69) is 19.2 Å². The van der Waals surface area contributed by atoms with E-state index < -0.39 is 12.1 Å². The Labute approximate surface area is 410 Å². The summed E-state index contributed by atoms with van der Waals surface area (Å²) in [5.74, 6) is -0.0208. The van der Waals surface area contributed by atoms with Crippen LogP contribution in [0.25, 0.3) is 0 Å². The minimum absolute atomic E-state index is 0.0208. The molecule has 0 aromatic heterocycles. The maximum atomic E-state index is 12.5. The Kier molecular flexibility index (Phi) is 57.2. The van der Waals surface area contributed by atoms with Gasteiger partial charge in [-0.2, -0.15) is 0 Å². The van der Waals surface area contributed by atoms with Gasteiger partial charge in [-0.25, -0.2) is 0 Å². The van der Waals surface area contributed by atoms with Crippen LogP contribution >= 0.6 is 0 Å². The molecule has 0 aliphatic heterocycles. The van der Waals surface area contributed by atoms with Gasteiger partial charge >= 0.3 is 0 Å². The lowest BCUT2D eigenvalue weighted by Gasteiger charge is -2.22. The van der Waals surface area contributed by atoms with Crippen molar-refractivity contribution in [3.05, 3.63) is 0 Å². The van der Waals surface area contributed by atoms with Crippen LogP contribution in [0.5, 0.6) is 0 Å². The third-order valence-electron chi connectivity index (χ3n) is 14.9. The maximum Gasteiger partial charge on any atom is 0.220 e. The van der Waals surface area contributed by atoms with Crippen molar-refractivity contribution in [2.24, 2.45) is 0 Å². The van der Waals surface area contributed by atoms with E-state index >= 15 is 0 Å². The summed E-state index contributed by atoms with van der Waals surface area (Å²) in [5.41, 5.74) is 0. The van der Waals surface area contributed by atoms with Crippen LogP contribution in [-0.2, 0) is 4.79 Å². The third-order valence-corrected chi connectivity index (χ3v) is 14.9. The summed E-state index contributed by atoms with van der Waals surface area (Å²) < 4.78 is 0. The molecule has 65 heavy (non-hydrogen) atoms. The molecule has 0 radical (unpaired) electrons. The van der Waals surface area contributed by atoms with E-state index in [1.165, 1.54) is 315 Å². The van der Waals surface area contributed by atoms with Crippen LogP contribution in [0.1, 0.15) is 367 Å². The molecule has 2 atom stereocenters. The molecule has 0 fully saturated rings. The predicted octanol–water partition coefficient (Wildman–Crippen LogP) is 20.3. The average molecular weight is 919 g/mol. The number of aliphatic hydroxyl groups excluding tert-OH is 2. The van der Waals surface area contributed by atoms with Crippen LogP contribution in [0.15, 0.2) is 0 Å². The molecule has 1 amide bonds. The Balaban J connectivity index is 3.37. The Hall–Kier alpha value is -0.610. The van der Waals surface area contributed by atoms with Gasteiger partial charge in [-0.15, -0.1) is 0 Å². The molecule has 0 rings (SSSR count). The normalized spacial score (nSPS) is 12.6. The summed E-state index contributed by atoms with van der Waals surface area (Å²) in [5, 5.41) is 23.4. The monoisotopic (exact) mass is 918 g/mol. The number of nitrogens with one attached hydrogen (secondary N) is 1. The standard InChI is InChI=1S/C61H123NO3/c1-3-5-7-9-11-13-15-17-19-21-23-25-27-28-29-30-31-32-33-34-35-37-39-41-43-45-47-49-51-53-55-57-61(65)62-59(58-63)60(64)56-54-52-50-48-46-44-42-40-38-36-26-24-22-20-18-16-14-12-10-8-6-4-2/h59-60,63-64H,3-58H2,1-2H3,(H,62,65). The molecule has 3 N–H and O–H groups in total. The summed E-state index contributed by atoms with van der Waals surface area (Å²) in [6.07, 6.45) is 74.1. The molecular formula is C61H123NO3. The second-order valence-corrected chi connectivity index (χ2v) is 21.5. The fourth-order valence-electron chi connectivity index (χ4n) is 10.2. The number of hydrogen-bond donors (Lipinski definition) is 3. The van der Waals surface area contributed by atoms with Crippen LogP contribution in [0.2, 0.25) is 0 Å². The van der Waals surface area contributed by atoms with Gasteiger partial charge in [0.25, 0.3) is 0 Å². The first-order chi connectivity index (χ1) is 32.2. The lowest BCUT2D eigenvalue weighted by molar-refractivity contribution is -0.123. The second kappa shape index (κ2) is 57.7. The largest absolute Gasteiger partial charge is 0.394 e. The SMILES string of the molecule is CCCCCCCCCCCCCCCCCCCCCCCCCCCCCCCCCC(=O)NC(CO)C(O)CCCCCCCCCCCCCCCCCCCCCCCC. The highest BCUT2D eigenvalue weighted by Crippen LogP contribution is 2.19. The van der Waals surface area contributed by atoms with E-state index in [0.29, 0.717) is 12.8 Å². The molecule has 0 aliphatic carbocycles. The summed E-state index contributed by atoms with van der Waals surface area (Å²) in [6, 6.07) is -0.532. The van der Waals surface area contributed by atoms with E-state index in [9.17, 15) is 15.0 Å². The lowest BCUT2D eigenvalue weighted by Crippen LogP contribution is -2.45. The quantitative estimate of drug-likeness (QED) is 0.0533. The molecular weight excluding hydrogens is 795 g/mol. The topological polar surface area (TPSA) is 69.6 Å². The zero-order chi connectivity index (χ0) is 47.0. The first-order valence-corrected chi connectivity index (χ1v) is 30.7. The van der Waals surface area contributed by atoms with Crippen molar-refractivity contribution in [2.75, 3.05) is 6.61 Å². The predicted molar refractivity (Wildman–Crippen MR) is 290 cm³/mol. The van der Waals surface area contributed by atoms with E-state index in [0.717, 1.165) is 25.7 Å². The van der Waals surface area contributed by atoms with Crippen LogP contribution in [-0.4, -0.2) is 34.9 Å². The van der Waals surface area contributed by atoms with Crippen molar-refractivity contribution in [1.29, 1.82) is 0 Å².